The minimum absolute atomic E-state index is 0.0108. The number of carbonyl (C=O) groups is 1. The Labute approximate surface area is 189 Å². The number of likely N-dealkylation sites (tertiary alicyclic amines) is 1. The summed E-state index contributed by atoms with van der Waals surface area (Å²) in [7, 11) is 1.92. The monoisotopic (exact) mass is 426 g/mol. The highest BCUT2D eigenvalue weighted by Gasteiger charge is 2.26. The SMILES string of the molecule is CC(C)N1CCC(C2=CN3C(=O)\C=C(c4ccc5nn(C)cc5c4)/C=C/C=C/3C=C2)CC1. The molecule has 0 bridgehead atoms. The van der Waals surface area contributed by atoms with Gasteiger partial charge < -0.3 is 4.90 Å². The van der Waals surface area contributed by atoms with Crippen LogP contribution in [0.5, 0.6) is 0 Å². The van der Waals surface area contributed by atoms with E-state index in [4.69, 9.17) is 0 Å². The summed E-state index contributed by atoms with van der Waals surface area (Å²) >= 11 is 0. The third-order valence-corrected chi connectivity index (χ3v) is 6.75. The van der Waals surface area contributed by atoms with Crippen molar-refractivity contribution in [3.05, 3.63) is 83.9 Å². The van der Waals surface area contributed by atoms with Crippen LogP contribution in [0.4, 0.5) is 0 Å². The molecule has 5 heteroatoms. The number of amides is 1. The Balaban J connectivity index is 1.41. The Morgan fingerprint density at radius 2 is 1.91 bits per heavy atom. The number of benzene rings is 1. The van der Waals surface area contributed by atoms with E-state index in [2.05, 4.69) is 48.3 Å². The van der Waals surface area contributed by atoms with Crippen molar-refractivity contribution in [2.45, 2.75) is 32.7 Å². The van der Waals surface area contributed by atoms with Crippen LogP contribution in [0, 0.1) is 5.92 Å². The predicted octanol–water partition coefficient (Wildman–Crippen LogP) is 4.81. The minimum Gasteiger partial charge on any atom is -0.301 e. The molecule has 1 aromatic heterocycles. The summed E-state index contributed by atoms with van der Waals surface area (Å²) < 4.78 is 1.81. The second kappa shape index (κ2) is 8.40. The molecule has 164 valence electrons. The Morgan fingerprint density at radius 3 is 2.69 bits per heavy atom. The van der Waals surface area contributed by atoms with Crippen LogP contribution in [0.15, 0.2) is 78.3 Å². The van der Waals surface area contributed by atoms with E-state index < -0.39 is 0 Å². The summed E-state index contributed by atoms with van der Waals surface area (Å²) in [5.41, 5.74) is 5.05. The molecule has 1 saturated heterocycles. The van der Waals surface area contributed by atoms with Crippen LogP contribution >= 0.6 is 0 Å². The first-order valence-electron chi connectivity index (χ1n) is 11.5. The smallest absolute Gasteiger partial charge is 0.255 e. The molecule has 2 aromatic rings. The van der Waals surface area contributed by atoms with Crippen molar-refractivity contribution in [2.75, 3.05) is 13.1 Å². The molecular weight excluding hydrogens is 396 g/mol. The lowest BCUT2D eigenvalue weighted by atomic mass is 9.87. The number of piperidine rings is 1. The standard InChI is InChI=1S/C27H30N4O/c1-19(2)30-13-11-20(12-14-30)23-7-9-25-6-4-5-21(16-27(32)31(25)18-23)22-8-10-26-24(15-22)17-29(3)28-26/h4-10,15-20H,11-14H2,1-3H3/b5-4+,21-16+,25-6+. The second-order valence-electron chi connectivity index (χ2n) is 9.20. The number of allylic oxidation sites excluding steroid dienone is 7. The fourth-order valence-electron chi connectivity index (χ4n) is 4.86. The van der Waals surface area contributed by atoms with E-state index in [0.717, 1.165) is 53.7 Å². The maximum Gasteiger partial charge on any atom is 0.255 e. The van der Waals surface area contributed by atoms with E-state index in [0.29, 0.717) is 12.0 Å². The molecule has 0 unspecified atom stereocenters. The van der Waals surface area contributed by atoms with Gasteiger partial charge in [-0.25, -0.2) is 0 Å². The van der Waals surface area contributed by atoms with Crippen LogP contribution in [-0.2, 0) is 11.8 Å². The van der Waals surface area contributed by atoms with Gasteiger partial charge in [0.15, 0.2) is 0 Å². The molecule has 0 N–H and O–H groups in total. The maximum atomic E-state index is 13.3. The maximum absolute atomic E-state index is 13.3. The molecule has 0 spiro atoms. The number of aryl methyl sites for hydroxylation is 1. The first-order valence-corrected chi connectivity index (χ1v) is 11.5. The van der Waals surface area contributed by atoms with Crippen molar-refractivity contribution in [3.8, 4) is 0 Å². The van der Waals surface area contributed by atoms with E-state index in [9.17, 15) is 4.79 Å². The number of aromatic nitrogens is 2. The third kappa shape index (κ3) is 4.00. The first kappa shape index (κ1) is 20.7. The zero-order valence-electron chi connectivity index (χ0n) is 19.0. The van der Waals surface area contributed by atoms with Gasteiger partial charge >= 0.3 is 0 Å². The van der Waals surface area contributed by atoms with Gasteiger partial charge in [-0.2, -0.15) is 5.10 Å². The lowest BCUT2D eigenvalue weighted by Crippen LogP contribution is -2.39. The van der Waals surface area contributed by atoms with Crippen molar-refractivity contribution in [3.63, 3.8) is 0 Å². The molecule has 3 aliphatic heterocycles. The Morgan fingerprint density at radius 1 is 1.09 bits per heavy atom. The van der Waals surface area contributed by atoms with Crippen LogP contribution in [0.25, 0.3) is 16.5 Å². The second-order valence-corrected chi connectivity index (χ2v) is 9.20. The molecule has 0 saturated carbocycles. The normalized spacial score (nSPS) is 24.4. The summed E-state index contributed by atoms with van der Waals surface area (Å²) in [6.07, 6.45) is 18.4. The average Bonchev–Trinajstić information content (AvgIpc) is 3.16. The van der Waals surface area contributed by atoms with Gasteiger partial charge in [-0.3, -0.25) is 14.4 Å². The van der Waals surface area contributed by atoms with Gasteiger partial charge in [0.25, 0.3) is 5.91 Å². The average molecular weight is 427 g/mol. The summed E-state index contributed by atoms with van der Waals surface area (Å²) in [4.78, 5) is 17.6. The quantitative estimate of drug-likeness (QED) is 0.707. The number of hydrogen-bond donors (Lipinski definition) is 0. The number of nitrogens with zero attached hydrogens (tertiary/aromatic N) is 4. The van der Waals surface area contributed by atoms with Crippen LogP contribution in [-0.4, -0.2) is 44.6 Å². The van der Waals surface area contributed by atoms with Gasteiger partial charge in [0.2, 0.25) is 0 Å². The van der Waals surface area contributed by atoms with Crippen molar-refractivity contribution in [1.82, 2.24) is 19.6 Å². The van der Waals surface area contributed by atoms with Gasteiger partial charge in [0.05, 0.1) is 5.52 Å². The minimum atomic E-state index is -0.0108. The lowest BCUT2D eigenvalue weighted by molar-refractivity contribution is -0.122. The van der Waals surface area contributed by atoms with E-state index >= 15 is 0 Å². The van der Waals surface area contributed by atoms with Gasteiger partial charge in [0.1, 0.15) is 0 Å². The summed E-state index contributed by atoms with van der Waals surface area (Å²) in [5.74, 6) is 0.497. The van der Waals surface area contributed by atoms with Crippen molar-refractivity contribution in [1.29, 1.82) is 0 Å². The topological polar surface area (TPSA) is 41.4 Å². The molecule has 32 heavy (non-hydrogen) atoms. The van der Waals surface area contributed by atoms with E-state index in [1.807, 2.05) is 48.3 Å². The zero-order chi connectivity index (χ0) is 22.2. The van der Waals surface area contributed by atoms with Gasteiger partial charge in [-0.1, -0.05) is 24.3 Å². The van der Waals surface area contributed by atoms with Crippen LogP contribution in [0.2, 0.25) is 0 Å². The summed E-state index contributed by atoms with van der Waals surface area (Å²) in [6.45, 7) is 6.76. The molecule has 1 fully saturated rings. The van der Waals surface area contributed by atoms with E-state index in [-0.39, 0.29) is 5.91 Å². The molecule has 4 heterocycles. The molecule has 0 radical (unpaired) electrons. The fraction of sp³-hybridized carbons (Fsp3) is 0.333. The molecule has 0 aliphatic carbocycles. The first-order chi connectivity index (χ1) is 15.5. The highest BCUT2D eigenvalue weighted by Crippen LogP contribution is 2.32. The molecule has 1 aromatic carbocycles. The molecule has 1 amide bonds. The van der Waals surface area contributed by atoms with E-state index in [1.165, 1.54) is 5.57 Å². The van der Waals surface area contributed by atoms with Crippen LogP contribution < -0.4 is 0 Å². The Kier molecular flexibility index (Phi) is 5.43. The Bertz CT molecular complexity index is 1200. The highest BCUT2D eigenvalue weighted by atomic mass is 16.2. The van der Waals surface area contributed by atoms with Crippen molar-refractivity contribution < 1.29 is 4.79 Å². The Hall–Kier alpha value is -3.18. The molecule has 0 atom stereocenters. The lowest BCUT2D eigenvalue weighted by Gasteiger charge is -2.36. The third-order valence-electron chi connectivity index (χ3n) is 6.75. The summed E-state index contributed by atoms with van der Waals surface area (Å²) in [6, 6.07) is 6.73. The van der Waals surface area contributed by atoms with Crippen LogP contribution in [0.1, 0.15) is 32.3 Å². The fourth-order valence-corrected chi connectivity index (χ4v) is 4.86. The zero-order valence-corrected chi connectivity index (χ0v) is 19.0. The number of rotatable bonds is 3. The number of fused-ring (bicyclic) bond motifs is 2. The van der Waals surface area contributed by atoms with Gasteiger partial charge in [0, 0.05) is 42.6 Å². The number of hydrogen-bond acceptors (Lipinski definition) is 3. The van der Waals surface area contributed by atoms with Crippen molar-refractivity contribution in [2.24, 2.45) is 13.0 Å². The van der Waals surface area contributed by atoms with E-state index in [1.54, 1.807) is 11.0 Å². The molecule has 5 nitrogen and oxygen atoms in total. The number of carbonyl (C=O) groups excluding carboxylic acids is 1. The van der Waals surface area contributed by atoms with Gasteiger partial charge in [-0.15, -0.1) is 0 Å². The molecular formula is C27H30N4O. The van der Waals surface area contributed by atoms with Crippen LogP contribution in [0.3, 0.4) is 0 Å². The van der Waals surface area contributed by atoms with Gasteiger partial charge in [-0.05, 0) is 86.7 Å². The predicted molar refractivity (Wildman–Crippen MR) is 129 cm³/mol. The van der Waals surface area contributed by atoms with Crippen molar-refractivity contribution >= 4 is 22.4 Å². The molecule has 5 rings (SSSR count). The molecule has 3 aliphatic rings. The largest absolute Gasteiger partial charge is 0.301 e. The summed E-state index contributed by atoms with van der Waals surface area (Å²) in [5, 5.41) is 5.52. The highest BCUT2D eigenvalue weighted by molar-refractivity contribution is 6.00.